The van der Waals surface area contributed by atoms with Crippen molar-refractivity contribution in [1.82, 2.24) is 9.97 Å². The summed E-state index contributed by atoms with van der Waals surface area (Å²) in [6, 6.07) is 17.1. The maximum atomic E-state index is 9.75. The van der Waals surface area contributed by atoms with Gasteiger partial charge in [0.1, 0.15) is 13.1 Å². The van der Waals surface area contributed by atoms with Crippen LogP contribution in [-0.2, 0) is 13.1 Å². The summed E-state index contributed by atoms with van der Waals surface area (Å²) in [5, 5.41) is 0. The Morgan fingerprint density at radius 2 is 0.783 bits per heavy atom. The van der Waals surface area contributed by atoms with E-state index in [0.717, 1.165) is 35.6 Å². The van der Waals surface area contributed by atoms with Gasteiger partial charge in [0, 0.05) is 60.6 Å². The van der Waals surface area contributed by atoms with Crippen LogP contribution in [0.15, 0.2) is 85.7 Å². The SMILES string of the molecule is CCCCCC[n+]1ccc(-c2ccc(-c3ccc(-c4cc[n+](CCCCCC)cc4)cn3)nc2)cc1.F[B-](F)(F)F.F[B-](F)(F)F. The van der Waals surface area contributed by atoms with Crippen molar-refractivity contribution in [3.63, 3.8) is 0 Å². The summed E-state index contributed by atoms with van der Waals surface area (Å²) in [6.07, 6.45) is 22.9. The standard InChI is InChI=1S/C32H40N4.2BF4/c1-3-5-7-9-19-35-21-15-27(16-22-35)29-11-13-31(33-25-29)32-14-12-30(26-34-32)28-17-23-36(24-18-28)20-10-8-6-4-2;2*2-1(3,4)5/h11-18,21-26H,3-10,19-20H2,1-2H3;;/q+2;2*-1. The van der Waals surface area contributed by atoms with Crippen molar-refractivity contribution >= 4 is 14.5 Å². The van der Waals surface area contributed by atoms with Gasteiger partial charge in [0.05, 0.1) is 11.4 Å². The minimum atomic E-state index is -6.00. The number of hydrogen-bond acceptors (Lipinski definition) is 2. The molecule has 4 rings (SSSR count). The number of aryl methyl sites for hydroxylation is 2. The molecule has 0 unspecified atom stereocenters. The normalized spacial score (nSPS) is 11.3. The van der Waals surface area contributed by atoms with Gasteiger partial charge in [0.2, 0.25) is 0 Å². The van der Waals surface area contributed by atoms with Crippen LogP contribution < -0.4 is 9.13 Å². The number of rotatable bonds is 13. The van der Waals surface area contributed by atoms with Crippen molar-refractivity contribution in [3.8, 4) is 33.6 Å². The van der Waals surface area contributed by atoms with Gasteiger partial charge in [-0.15, -0.1) is 0 Å². The van der Waals surface area contributed by atoms with Gasteiger partial charge in [-0.1, -0.05) is 51.7 Å². The van der Waals surface area contributed by atoms with Crippen molar-refractivity contribution in [2.45, 2.75) is 78.3 Å². The molecule has 4 heterocycles. The first kappa shape index (κ1) is 38.4. The van der Waals surface area contributed by atoms with Gasteiger partial charge in [-0.2, -0.15) is 0 Å². The first-order valence-corrected chi connectivity index (χ1v) is 15.4. The van der Waals surface area contributed by atoms with Crippen LogP contribution in [0.25, 0.3) is 33.6 Å². The van der Waals surface area contributed by atoms with Gasteiger partial charge < -0.3 is 34.5 Å². The fourth-order valence-corrected chi connectivity index (χ4v) is 4.47. The largest absolute Gasteiger partial charge is 0.673 e. The van der Waals surface area contributed by atoms with Crippen LogP contribution in [0, 0.1) is 0 Å². The highest BCUT2D eigenvalue weighted by Crippen LogP contribution is 2.23. The molecule has 0 aliphatic rings. The zero-order valence-corrected chi connectivity index (χ0v) is 26.1. The highest BCUT2D eigenvalue weighted by molar-refractivity contribution is 6.50. The molecule has 0 N–H and O–H groups in total. The van der Waals surface area contributed by atoms with Gasteiger partial charge in [-0.3, -0.25) is 9.97 Å². The van der Waals surface area contributed by atoms with E-state index in [2.05, 4.69) is 96.3 Å². The smallest absolute Gasteiger partial charge is 0.418 e. The molecule has 4 nitrogen and oxygen atoms in total. The quantitative estimate of drug-likeness (QED) is 0.0623. The second kappa shape index (κ2) is 19.6. The Bertz CT molecular complexity index is 1260. The predicted octanol–water partition coefficient (Wildman–Crippen LogP) is 9.81. The predicted molar refractivity (Wildman–Crippen MR) is 167 cm³/mol. The van der Waals surface area contributed by atoms with Crippen LogP contribution >= 0.6 is 0 Å². The molecule has 0 bridgehead atoms. The van der Waals surface area contributed by atoms with E-state index in [4.69, 9.17) is 9.97 Å². The van der Waals surface area contributed by atoms with Crippen LogP contribution in [0.3, 0.4) is 0 Å². The van der Waals surface area contributed by atoms with E-state index in [9.17, 15) is 34.5 Å². The van der Waals surface area contributed by atoms with E-state index in [-0.39, 0.29) is 0 Å². The Balaban J connectivity index is 0.000000642. The Morgan fingerprint density at radius 1 is 0.457 bits per heavy atom. The minimum absolute atomic E-state index is 0.894. The van der Waals surface area contributed by atoms with Crippen LogP contribution in [0.1, 0.15) is 65.2 Å². The second-order valence-electron chi connectivity index (χ2n) is 10.6. The molecule has 0 aliphatic carbocycles. The number of halogens is 8. The Hall–Kier alpha value is -3.83. The lowest BCUT2D eigenvalue weighted by Gasteiger charge is -2.05. The molecule has 0 radical (unpaired) electrons. The number of unbranched alkanes of at least 4 members (excludes halogenated alkanes) is 6. The van der Waals surface area contributed by atoms with Crippen molar-refractivity contribution in [1.29, 1.82) is 0 Å². The van der Waals surface area contributed by atoms with E-state index < -0.39 is 14.5 Å². The lowest BCUT2D eigenvalue weighted by molar-refractivity contribution is -0.697. The van der Waals surface area contributed by atoms with Crippen LogP contribution in [-0.4, -0.2) is 24.5 Å². The minimum Gasteiger partial charge on any atom is -0.418 e. The molecule has 46 heavy (non-hydrogen) atoms. The first-order valence-electron chi connectivity index (χ1n) is 15.4. The fourth-order valence-electron chi connectivity index (χ4n) is 4.47. The Morgan fingerprint density at radius 3 is 1.04 bits per heavy atom. The van der Waals surface area contributed by atoms with Gasteiger partial charge in [-0.05, 0) is 36.1 Å². The highest BCUT2D eigenvalue weighted by Gasteiger charge is 2.21. The van der Waals surface area contributed by atoms with E-state index in [1.54, 1.807) is 0 Å². The molecule has 0 aromatic carbocycles. The summed E-state index contributed by atoms with van der Waals surface area (Å²) < 4.78 is 82.5. The molecule has 0 atom stereocenters. The number of pyridine rings is 4. The maximum Gasteiger partial charge on any atom is 0.673 e. The van der Waals surface area contributed by atoms with E-state index in [1.165, 1.54) is 62.5 Å². The van der Waals surface area contributed by atoms with Gasteiger partial charge in [0.15, 0.2) is 24.8 Å². The van der Waals surface area contributed by atoms with Crippen molar-refractivity contribution < 1.29 is 43.7 Å². The molecule has 4 aromatic rings. The van der Waals surface area contributed by atoms with Crippen LogP contribution in [0.4, 0.5) is 34.5 Å². The monoisotopic (exact) mass is 654 g/mol. The van der Waals surface area contributed by atoms with E-state index in [1.807, 2.05) is 12.4 Å². The summed E-state index contributed by atoms with van der Waals surface area (Å²) in [5.41, 5.74) is 6.42. The van der Waals surface area contributed by atoms with Crippen molar-refractivity contribution in [3.05, 3.63) is 85.7 Å². The zero-order chi connectivity index (χ0) is 34.0. The number of nitrogens with zero attached hydrogens (tertiary/aromatic N) is 4. The summed E-state index contributed by atoms with van der Waals surface area (Å²) in [5.74, 6) is 0. The average Bonchev–Trinajstić information content (AvgIpc) is 3.01. The summed E-state index contributed by atoms with van der Waals surface area (Å²) in [4.78, 5) is 9.40. The molecule has 0 fully saturated rings. The lowest BCUT2D eigenvalue weighted by atomic mass is 10.1. The summed E-state index contributed by atoms with van der Waals surface area (Å²) in [6.45, 7) is 6.67. The number of aromatic nitrogens is 4. The first-order chi connectivity index (χ1) is 21.8. The highest BCUT2D eigenvalue weighted by atomic mass is 19.5. The van der Waals surface area contributed by atoms with Crippen LogP contribution in [0.2, 0.25) is 0 Å². The van der Waals surface area contributed by atoms with Crippen LogP contribution in [0.5, 0.6) is 0 Å². The topological polar surface area (TPSA) is 33.5 Å². The molecule has 14 heteroatoms. The zero-order valence-electron chi connectivity index (χ0n) is 26.1. The third kappa shape index (κ3) is 17.0. The molecule has 4 aromatic heterocycles. The third-order valence-electron chi connectivity index (χ3n) is 6.78. The molecular formula is C32H40B2F8N4. The maximum absolute atomic E-state index is 9.75. The fraction of sp³-hybridized carbons (Fsp3) is 0.375. The van der Waals surface area contributed by atoms with Gasteiger partial charge >= 0.3 is 14.5 Å². The van der Waals surface area contributed by atoms with E-state index in [0.29, 0.717) is 0 Å². The number of hydrogen-bond donors (Lipinski definition) is 0. The van der Waals surface area contributed by atoms with Gasteiger partial charge in [0.25, 0.3) is 0 Å². The van der Waals surface area contributed by atoms with Crippen molar-refractivity contribution in [2.24, 2.45) is 0 Å². The van der Waals surface area contributed by atoms with Gasteiger partial charge in [-0.25, -0.2) is 9.13 Å². The molecule has 0 aliphatic heterocycles. The second-order valence-corrected chi connectivity index (χ2v) is 10.6. The Labute approximate surface area is 265 Å². The van der Waals surface area contributed by atoms with E-state index >= 15 is 0 Å². The molecular weight excluding hydrogens is 614 g/mol. The molecule has 0 saturated heterocycles. The average molecular weight is 654 g/mol. The lowest BCUT2D eigenvalue weighted by Crippen LogP contribution is -2.32. The van der Waals surface area contributed by atoms with Crippen molar-refractivity contribution in [2.75, 3.05) is 0 Å². The third-order valence-corrected chi connectivity index (χ3v) is 6.78. The molecule has 0 saturated carbocycles. The molecule has 0 spiro atoms. The molecule has 0 amide bonds. The Kier molecular flexibility index (Phi) is 16.4. The summed E-state index contributed by atoms with van der Waals surface area (Å²) >= 11 is 0. The molecule has 250 valence electrons. The summed E-state index contributed by atoms with van der Waals surface area (Å²) in [7, 11) is -12.0.